The zero-order chi connectivity index (χ0) is 16.9. The van der Waals surface area contributed by atoms with Crippen LogP contribution in [0.15, 0.2) is 70.0 Å². The zero-order valence-electron chi connectivity index (χ0n) is 13.0. The number of amides is 1. The van der Waals surface area contributed by atoms with Gasteiger partial charge in [0.1, 0.15) is 17.6 Å². The molecule has 0 aliphatic rings. The molecular weight excluding hydrogens is 370 g/mol. The van der Waals surface area contributed by atoms with Crippen molar-refractivity contribution < 1.29 is 9.21 Å². The van der Waals surface area contributed by atoms with Crippen LogP contribution in [0, 0.1) is 0 Å². The topological polar surface area (TPSA) is 60.1 Å². The number of hydrogen-bond acceptors (Lipinski definition) is 3. The molecule has 0 unspecified atom stereocenters. The van der Waals surface area contributed by atoms with Crippen molar-refractivity contribution in [3.05, 3.63) is 82.8 Å². The fourth-order valence-electron chi connectivity index (χ4n) is 2.36. The van der Waals surface area contributed by atoms with E-state index in [0.717, 1.165) is 11.4 Å². The maximum Gasteiger partial charge on any atom is 0.244 e. The number of aromatic nitrogens is 2. The molecule has 0 radical (unpaired) electrons. The Labute approximate surface area is 148 Å². The molecule has 5 nitrogen and oxygen atoms in total. The molecule has 0 saturated heterocycles. The van der Waals surface area contributed by atoms with E-state index >= 15 is 0 Å². The van der Waals surface area contributed by atoms with Gasteiger partial charge in [-0.1, -0.05) is 30.3 Å². The van der Waals surface area contributed by atoms with Crippen LogP contribution in [0.1, 0.15) is 23.2 Å². The highest BCUT2D eigenvalue weighted by molar-refractivity contribution is 9.10. The molecule has 0 aliphatic carbocycles. The van der Waals surface area contributed by atoms with Gasteiger partial charge in [-0.3, -0.25) is 4.79 Å². The normalized spacial score (nSPS) is 12.4. The maximum atomic E-state index is 12.3. The fraction of sp³-hybridized carbons (Fsp3) is 0.111. The summed E-state index contributed by atoms with van der Waals surface area (Å²) in [5.41, 5.74) is 0.967. The number of hydrogen-bond donors (Lipinski definition) is 1. The Kier molecular flexibility index (Phi) is 4.96. The Morgan fingerprint density at radius 3 is 2.71 bits per heavy atom. The summed E-state index contributed by atoms with van der Waals surface area (Å²) in [6, 6.07) is 13.0. The Hall–Kier alpha value is -2.60. The second-order valence-electron chi connectivity index (χ2n) is 5.22. The average Bonchev–Trinajstić information content (AvgIpc) is 3.20. The first-order valence-electron chi connectivity index (χ1n) is 7.39. The molecule has 1 aromatic carbocycles. The van der Waals surface area contributed by atoms with Crippen molar-refractivity contribution in [2.45, 2.75) is 6.04 Å². The lowest BCUT2D eigenvalue weighted by molar-refractivity contribution is -0.117. The van der Waals surface area contributed by atoms with Gasteiger partial charge in [0, 0.05) is 25.5 Å². The van der Waals surface area contributed by atoms with Crippen molar-refractivity contribution >= 4 is 27.9 Å². The number of carbonyl (C=O) groups excluding carboxylic acids is 1. The van der Waals surface area contributed by atoms with Crippen LogP contribution in [0.4, 0.5) is 0 Å². The first-order valence-corrected chi connectivity index (χ1v) is 8.19. The van der Waals surface area contributed by atoms with Gasteiger partial charge in [-0.05, 0) is 39.7 Å². The minimum absolute atomic E-state index is 0.223. The Morgan fingerprint density at radius 1 is 1.29 bits per heavy atom. The third-order valence-electron chi connectivity index (χ3n) is 3.53. The van der Waals surface area contributed by atoms with Gasteiger partial charge in [0.15, 0.2) is 4.67 Å². The van der Waals surface area contributed by atoms with Gasteiger partial charge in [-0.15, -0.1) is 0 Å². The molecule has 1 atom stereocenters. The zero-order valence-corrected chi connectivity index (χ0v) is 14.6. The average molecular weight is 386 g/mol. The third kappa shape index (κ3) is 3.83. The molecule has 0 bridgehead atoms. The molecule has 1 N–H and O–H groups in total. The van der Waals surface area contributed by atoms with E-state index in [1.807, 2.05) is 48.1 Å². The first-order chi connectivity index (χ1) is 11.6. The van der Waals surface area contributed by atoms with Crippen molar-refractivity contribution in [2.24, 2.45) is 7.05 Å². The molecule has 122 valence electrons. The quantitative estimate of drug-likeness (QED) is 0.681. The smallest absolute Gasteiger partial charge is 0.244 e. The van der Waals surface area contributed by atoms with Crippen LogP contribution in [-0.2, 0) is 11.8 Å². The van der Waals surface area contributed by atoms with Gasteiger partial charge in [-0.25, -0.2) is 4.98 Å². The van der Waals surface area contributed by atoms with Gasteiger partial charge >= 0.3 is 0 Å². The lowest BCUT2D eigenvalue weighted by atomic mass is 10.1. The van der Waals surface area contributed by atoms with Crippen LogP contribution in [-0.4, -0.2) is 15.5 Å². The van der Waals surface area contributed by atoms with E-state index < -0.39 is 0 Å². The van der Waals surface area contributed by atoms with E-state index in [9.17, 15) is 4.79 Å². The van der Waals surface area contributed by atoms with Crippen LogP contribution >= 0.6 is 15.9 Å². The monoisotopic (exact) mass is 385 g/mol. The number of furan rings is 1. The highest BCUT2D eigenvalue weighted by Gasteiger charge is 2.19. The fourth-order valence-corrected chi connectivity index (χ4v) is 2.68. The van der Waals surface area contributed by atoms with E-state index in [4.69, 9.17) is 4.42 Å². The Morgan fingerprint density at radius 2 is 2.08 bits per heavy atom. The summed E-state index contributed by atoms with van der Waals surface area (Å²) in [4.78, 5) is 16.7. The molecule has 0 fully saturated rings. The highest BCUT2D eigenvalue weighted by atomic mass is 79.9. The SMILES string of the molecule is Cn1ccnc1[C@@H](NC(=O)/C=C/c1ccc(Br)o1)c1ccccc1. The van der Waals surface area contributed by atoms with E-state index in [1.165, 1.54) is 6.08 Å². The molecule has 3 aromatic rings. The number of halogens is 1. The van der Waals surface area contributed by atoms with Gasteiger partial charge in [0.2, 0.25) is 5.91 Å². The van der Waals surface area contributed by atoms with Crippen LogP contribution in [0.5, 0.6) is 0 Å². The number of imidazole rings is 1. The first kappa shape index (κ1) is 16.3. The number of rotatable bonds is 5. The van der Waals surface area contributed by atoms with Crippen molar-refractivity contribution in [1.29, 1.82) is 0 Å². The van der Waals surface area contributed by atoms with Crippen molar-refractivity contribution in [3.8, 4) is 0 Å². The van der Waals surface area contributed by atoms with Crippen molar-refractivity contribution in [3.63, 3.8) is 0 Å². The summed E-state index contributed by atoms with van der Waals surface area (Å²) >= 11 is 3.23. The van der Waals surface area contributed by atoms with Gasteiger partial charge in [-0.2, -0.15) is 0 Å². The summed E-state index contributed by atoms with van der Waals surface area (Å²) in [6.45, 7) is 0. The molecule has 2 heterocycles. The predicted octanol–water partition coefficient (Wildman–Crippen LogP) is 3.69. The second kappa shape index (κ2) is 7.31. The van der Waals surface area contributed by atoms with E-state index in [-0.39, 0.29) is 11.9 Å². The summed E-state index contributed by atoms with van der Waals surface area (Å²) in [6.07, 6.45) is 6.64. The molecule has 6 heteroatoms. The maximum absolute atomic E-state index is 12.3. The minimum atomic E-state index is -0.327. The lowest BCUT2D eigenvalue weighted by Crippen LogP contribution is -2.29. The molecule has 0 spiro atoms. The summed E-state index contributed by atoms with van der Waals surface area (Å²) in [7, 11) is 1.90. The van der Waals surface area contributed by atoms with Gasteiger partial charge in [0.25, 0.3) is 0 Å². The Balaban J connectivity index is 1.80. The molecule has 2 aromatic heterocycles. The van der Waals surface area contributed by atoms with Crippen LogP contribution in [0.3, 0.4) is 0 Å². The second-order valence-corrected chi connectivity index (χ2v) is 6.01. The minimum Gasteiger partial charge on any atom is -0.450 e. The van der Waals surface area contributed by atoms with Crippen LogP contribution < -0.4 is 5.32 Å². The lowest BCUT2D eigenvalue weighted by Gasteiger charge is -2.18. The molecule has 0 aliphatic heterocycles. The number of benzene rings is 1. The Bertz CT molecular complexity index is 852. The predicted molar refractivity (Wildman–Crippen MR) is 95.1 cm³/mol. The van der Waals surface area contributed by atoms with Gasteiger partial charge < -0.3 is 14.3 Å². The van der Waals surface area contributed by atoms with Gasteiger partial charge in [0.05, 0.1) is 0 Å². The third-order valence-corrected chi connectivity index (χ3v) is 3.96. The number of carbonyl (C=O) groups is 1. The standard InChI is InChI=1S/C18H16BrN3O2/c1-22-12-11-20-18(22)17(13-5-3-2-4-6-13)21-16(23)10-8-14-7-9-15(19)24-14/h2-12,17H,1H3,(H,21,23)/b10-8+/t17-/m0/s1. The molecule has 24 heavy (non-hydrogen) atoms. The highest BCUT2D eigenvalue weighted by Crippen LogP contribution is 2.20. The summed E-state index contributed by atoms with van der Waals surface area (Å²) < 4.78 is 7.87. The largest absolute Gasteiger partial charge is 0.450 e. The molecule has 3 rings (SSSR count). The number of nitrogens with zero attached hydrogens (tertiary/aromatic N) is 2. The number of nitrogens with one attached hydrogen (secondary N) is 1. The molecular formula is C18H16BrN3O2. The van der Waals surface area contributed by atoms with E-state index in [0.29, 0.717) is 10.4 Å². The molecule has 1 amide bonds. The van der Waals surface area contributed by atoms with E-state index in [1.54, 1.807) is 24.4 Å². The summed E-state index contributed by atoms with van der Waals surface area (Å²) in [5, 5.41) is 2.99. The van der Waals surface area contributed by atoms with Crippen LogP contribution in [0.25, 0.3) is 6.08 Å². The number of aryl methyl sites for hydroxylation is 1. The van der Waals surface area contributed by atoms with E-state index in [2.05, 4.69) is 26.2 Å². The van der Waals surface area contributed by atoms with Crippen LogP contribution in [0.2, 0.25) is 0 Å². The summed E-state index contributed by atoms with van der Waals surface area (Å²) in [5.74, 6) is 1.15. The van der Waals surface area contributed by atoms with Crippen molar-refractivity contribution in [1.82, 2.24) is 14.9 Å². The van der Waals surface area contributed by atoms with Crippen molar-refractivity contribution in [2.75, 3.05) is 0 Å². The molecule has 0 saturated carbocycles.